The lowest BCUT2D eigenvalue weighted by atomic mass is 10.0. The number of aromatic nitrogens is 3. The molecule has 0 atom stereocenters. The first kappa shape index (κ1) is 22.8. The lowest BCUT2D eigenvalue weighted by molar-refractivity contribution is -0.120. The Labute approximate surface area is 166 Å². The van der Waals surface area contributed by atoms with Crippen molar-refractivity contribution in [2.75, 3.05) is 26.4 Å². The van der Waals surface area contributed by atoms with Gasteiger partial charge in [-0.2, -0.15) is 5.10 Å². The third-order valence-corrected chi connectivity index (χ3v) is 3.54. The van der Waals surface area contributed by atoms with Crippen LogP contribution >= 0.6 is 0 Å². The molecular weight excluding hydrogens is 354 g/mol. The number of aromatic amines is 1. The number of anilines is 1. The molecular formula is C20H29N7O. The van der Waals surface area contributed by atoms with Crippen molar-refractivity contribution in [3.8, 4) is 11.4 Å². The molecule has 1 heterocycles. The zero-order valence-electron chi connectivity index (χ0n) is 16.9. The van der Waals surface area contributed by atoms with Crippen LogP contribution < -0.4 is 11.1 Å². The first-order valence-electron chi connectivity index (χ1n) is 8.88. The van der Waals surface area contributed by atoms with E-state index in [1.54, 1.807) is 29.3 Å². The van der Waals surface area contributed by atoms with E-state index in [0.717, 1.165) is 5.56 Å². The van der Waals surface area contributed by atoms with Crippen molar-refractivity contribution in [3.05, 3.63) is 54.5 Å². The van der Waals surface area contributed by atoms with E-state index in [0.29, 0.717) is 35.8 Å². The molecule has 0 saturated heterocycles. The third-order valence-electron chi connectivity index (χ3n) is 3.54. The van der Waals surface area contributed by atoms with Crippen LogP contribution in [-0.2, 0) is 4.79 Å². The lowest BCUT2D eigenvalue weighted by Gasteiger charge is -2.08. The van der Waals surface area contributed by atoms with E-state index in [1.165, 1.54) is 6.33 Å². The quantitative estimate of drug-likeness (QED) is 0.332. The third kappa shape index (κ3) is 7.96. The molecule has 28 heavy (non-hydrogen) atoms. The summed E-state index contributed by atoms with van der Waals surface area (Å²) in [5.41, 5.74) is 8.28. The summed E-state index contributed by atoms with van der Waals surface area (Å²) in [4.78, 5) is 17.4. The van der Waals surface area contributed by atoms with Gasteiger partial charge in [-0.25, -0.2) is 4.98 Å². The Balaban J connectivity index is 0.000000892. The molecule has 0 unspecified atom stereocenters. The number of carbonyl (C=O) groups excluding carboxylic acids is 1. The number of amides is 1. The molecule has 8 nitrogen and oxygen atoms in total. The van der Waals surface area contributed by atoms with Crippen LogP contribution in [0.3, 0.4) is 0 Å². The zero-order valence-corrected chi connectivity index (χ0v) is 16.9. The second-order valence-corrected chi connectivity index (χ2v) is 6.19. The molecule has 0 aliphatic rings. The predicted molar refractivity (Wildman–Crippen MR) is 114 cm³/mol. The topological polar surface area (TPSA) is 124 Å². The minimum atomic E-state index is -0.102. The summed E-state index contributed by atoms with van der Waals surface area (Å²) in [6, 6.07) is 5.37. The average Bonchev–Trinajstić information content (AvgIpc) is 3.20. The monoisotopic (exact) mass is 383 g/mol. The van der Waals surface area contributed by atoms with Gasteiger partial charge in [0.25, 0.3) is 0 Å². The van der Waals surface area contributed by atoms with Gasteiger partial charge in [-0.05, 0) is 46.1 Å². The number of carbonyl (C=O) groups is 1. The van der Waals surface area contributed by atoms with E-state index in [1.807, 2.05) is 46.2 Å². The maximum atomic E-state index is 11.5. The number of benzene rings is 1. The van der Waals surface area contributed by atoms with E-state index in [4.69, 9.17) is 11.1 Å². The Hall–Kier alpha value is -3.26. The SMILES string of the molecule is C/C=C\C.CN(C)CC(=O)N/C=C/CC(=N)c1cc(-c2ncn[nH]2)ccc1N. The molecule has 0 bridgehead atoms. The fourth-order valence-corrected chi connectivity index (χ4v) is 2.08. The summed E-state index contributed by atoms with van der Waals surface area (Å²) >= 11 is 0. The van der Waals surface area contributed by atoms with E-state index in [-0.39, 0.29) is 5.91 Å². The Bertz CT molecular complexity index is 804. The van der Waals surface area contributed by atoms with Gasteiger partial charge in [-0.1, -0.05) is 18.2 Å². The molecule has 1 amide bonds. The molecule has 2 rings (SSSR count). The molecule has 0 fully saturated rings. The number of nitrogens with one attached hydrogen (secondary N) is 3. The first-order chi connectivity index (χ1) is 13.4. The zero-order chi connectivity index (χ0) is 20.9. The highest BCUT2D eigenvalue weighted by molar-refractivity contribution is 6.04. The van der Waals surface area contributed by atoms with Crippen LogP contribution in [0.5, 0.6) is 0 Å². The Morgan fingerprint density at radius 2 is 2.04 bits per heavy atom. The summed E-state index contributed by atoms with van der Waals surface area (Å²) < 4.78 is 0. The summed E-state index contributed by atoms with van der Waals surface area (Å²) in [5, 5.41) is 17.4. The number of hydrogen-bond acceptors (Lipinski definition) is 6. The Morgan fingerprint density at radius 1 is 1.32 bits per heavy atom. The van der Waals surface area contributed by atoms with Gasteiger partial charge in [-0.3, -0.25) is 9.89 Å². The van der Waals surface area contributed by atoms with Crippen molar-refractivity contribution < 1.29 is 4.79 Å². The van der Waals surface area contributed by atoms with Gasteiger partial charge in [0.1, 0.15) is 6.33 Å². The van der Waals surface area contributed by atoms with Gasteiger partial charge in [0.05, 0.1) is 6.54 Å². The van der Waals surface area contributed by atoms with Crippen LogP contribution in [0, 0.1) is 5.41 Å². The number of hydrogen-bond donors (Lipinski definition) is 4. The number of H-pyrrole nitrogens is 1. The highest BCUT2D eigenvalue weighted by Gasteiger charge is 2.09. The second kappa shape index (κ2) is 12.2. The summed E-state index contributed by atoms with van der Waals surface area (Å²) in [6.45, 7) is 4.31. The van der Waals surface area contributed by atoms with Crippen molar-refractivity contribution in [3.63, 3.8) is 0 Å². The van der Waals surface area contributed by atoms with Crippen LogP contribution in [-0.4, -0.2) is 52.3 Å². The molecule has 0 aliphatic heterocycles. The van der Waals surface area contributed by atoms with Crippen molar-refractivity contribution in [1.82, 2.24) is 25.4 Å². The number of nitrogen functional groups attached to an aromatic ring is 1. The summed E-state index contributed by atoms with van der Waals surface area (Å²) in [5.74, 6) is 0.519. The van der Waals surface area contributed by atoms with Gasteiger partial charge < -0.3 is 21.4 Å². The highest BCUT2D eigenvalue weighted by Crippen LogP contribution is 2.21. The van der Waals surface area contributed by atoms with E-state index < -0.39 is 0 Å². The number of likely N-dealkylation sites (N-methyl/N-ethyl adjacent to an activating group) is 1. The van der Waals surface area contributed by atoms with Gasteiger partial charge in [0.15, 0.2) is 5.82 Å². The van der Waals surface area contributed by atoms with Crippen molar-refractivity contribution in [2.24, 2.45) is 0 Å². The van der Waals surface area contributed by atoms with Crippen LogP contribution in [0.4, 0.5) is 5.69 Å². The summed E-state index contributed by atoms with van der Waals surface area (Å²) in [7, 11) is 3.65. The smallest absolute Gasteiger partial charge is 0.238 e. The lowest BCUT2D eigenvalue weighted by Crippen LogP contribution is -2.29. The maximum Gasteiger partial charge on any atom is 0.238 e. The standard InChI is InChI=1S/C16H21N7O.C4H8/c1-23(2)9-15(24)19-7-3-4-13(17)12-8-11(5-6-14(12)18)16-20-10-21-22-16;1-3-4-2/h3,5-8,10,17H,4,9,18H2,1-2H3,(H,19,24)(H,20,21,22);3-4H,1-2H3/b7-3+,17-13?;4-3-. The maximum absolute atomic E-state index is 11.5. The van der Waals surface area contributed by atoms with Crippen molar-refractivity contribution >= 4 is 17.3 Å². The van der Waals surface area contributed by atoms with Crippen LogP contribution in [0.15, 0.2) is 49.0 Å². The average molecular weight is 384 g/mol. The molecule has 0 spiro atoms. The van der Waals surface area contributed by atoms with E-state index in [9.17, 15) is 4.79 Å². The first-order valence-corrected chi connectivity index (χ1v) is 8.88. The molecule has 1 aromatic heterocycles. The molecule has 0 radical (unpaired) electrons. The fraction of sp³-hybridized carbons (Fsp3) is 0.300. The van der Waals surface area contributed by atoms with Gasteiger partial charge in [-0.15, -0.1) is 0 Å². The predicted octanol–water partition coefficient (Wildman–Crippen LogP) is 2.59. The number of nitrogens with zero attached hydrogens (tertiary/aromatic N) is 3. The highest BCUT2D eigenvalue weighted by atomic mass is 16.1. The van der Waals surface area contributed by atoms with Crippen LogP contribution in [0.25, 0.3) is 11.4 Å². The van der Waals surface area contributed by atoms with Gasteiger partial charge in [0.2, 0.25) is 5.91 Å². The Kier molecular flexibility index (Phi) is 9.91. The number of allylic oxidation sites excluding steroid dienone is 3. The largest absolute Gasteiger partial charge is 0.398 e. The minimum Gasteiger partial charge on any atom is -0.398 e. The summed E-state index contributed by atoms with van der Waals surface area (Å²) in [6.07, 6.45) is 9.05. The minimum absolute atomic E-state index is 0.102. The molecule has 5 N–H and O–H groups in total. The van der Waals surface area contributed by atoms with Crippen molar-refractivity contribution in [1.29, 1.82) is 5.41 Å². The van der Waals surface area contributed by atoms with E-state index in [2.05, 4.69) is 20.5 Å². The molecule has 150 valence electrons. The molecule has 1 aromatic carbocycles. The molecule has 2 aromatic rings. The Morgan fingerprint density at radius 3 is 2.61 bits per heavy atom. The van der Waals surface area contributed by atoms with E-state index >= 15 is 0 Å². The molecule has 0 saturated carbocycles. The normalized spacial score (nSPS) is 10.9. The van der Waals surface area contributed by atoms with Crippen LogP contribution in [0.1, 0.15) is 25.8 Å². The van der Waals surface area contributed by atoms with Crippen LogP contribution in [0.2, 0.25) is 0 Å². The fourth-order valence-electron chi connectivity index (χ4n) is 2.08. The number of rotatable bonds is 7. The van der Waals surface area contributed by atoms with Gasteiger partial charge >= 0.3 is 0 Å². The number of nitrogens with two attached hydrogens (primary N) is 1. The molecule has 0 aliphatic carbocycles. The molecule has 8 heteroatoms. The second-order valence-electron chi connectivity index (χ2n) is 6.19. The van der Waals surface area contributed by atoms with Crippen molar-refractivity contribution in [2.45, 2.75) is 20.3 Å². The van der Waals surface area contributed by atoms with Gasteiger partial charge in [0, 0.05) is 35.1 Å².